The van der Waals surface area contributed by atoms with Gasteiger partial charge in [-0.05, 0) is 17.7 Å². The molecule has 0 unspecified atom stereocenters. The van der Waals surface area contributed by atoms with Crippen molar-refractivity contribution in [3.63, 3.8) is 0 Å². The van der Waals surface area contributed by atoms with Crippen LogP contribution in [0.1, 0.15) is 16.1 Å². The van der Waals surface area contributed by atoms with Crippen molar-refractivity contribution >= 4 is 12.0 Å². The minimum atomic E-state index is -0.522. The lowest BCUT2D eigenvalue weighted by molar-refractivity contribution is 0.0924. The van der Waals surface area contributed by atoms with Crippen molar-refractivity contribution in [2.75, 3.05) is 13.1 Å². The maximum atomic E-state index is 11.5. The van der Waals surface area contributed by atoms with Gasteiger partial charge in [0.2, 0.25) is 0 Å². The molecule has 0 saturated carbocycles. The summed E-state index contributed by atoms with van der Waals surface area (Å²) in [5, 5.41) is 5.16. The molecule has 0 aliphatic heterocycles. The summed E-state index contributed by atoms with van der Waals surface area (Å²) in [5.41, 5.74) is 0.916. The molecular formula is C15H16N2O4. The number of carbonyl (C=O) groups excluding carboxylic acids is 2. The highest BCUT2D eigenvalue weighted by molar-refractivity contribution is 5.91. The zero-order chi connectivity index (χ0) is 14.9. The number of ether oxygens (including phenoxy) is 1. The van der Waals surface area contributed by atoms with Gasteiger partial charge in [-0.25, -0.2) is 4.79 Å². The van der Waals surface area contributed by atoms with Gasteiger partial charge in [-0.1, -0.05) is 30.3 Å². The summed E-state index contributed by atoms with van der Waals surface area (Å²) in [6, 6.07) is 12.6. The molecule has 0 bridgehead atoms. The van der Waals surface area contributed by atoms with E-state index in [1.165, 1.54) is 6.26 Å². The average molecular weight is 288 g/mol. The lowest BCUT2D eigenvalue weighted by Crippen LogP contribution is -2.34. The van der Waals surface area contributed by atoms with Gasteiger partial charge in [-0.15, -0.1) is 0 Å². The van der Waals surface area contributed by atoms with Gasteiger partial charge in [-0.2, -0.15) is 0 Å². The van der Waals surface area contributed by atoms with Crippen LogP contribution in [-0.4, -0.2) is 25.1 Å². The van der Waals surface area contributed by atoms with Gasteiger partial charge in [0.1, 0.15) is 6.61 Å². The molecule has 0 radical (unpaired) electrons. The number of hydrogen-bond acceptors (Lipinski definition) is 4. The summed E-state index contributed by atoms with van der Waals surface area (Å²) < 4.78 is 9.96. The molecule has 1 aromatic carbocycles. The molecule has 110 valence electrons. The zero-order valence-corrected chi connectivity index (χ0v) is 11.4. The number of benzene rings is 1. The number of carbonyl (C=O) groups is 2. The number of rotatable bonds is 6. The number of furan rings is 1. The molecule has 1 aromatic heterocycles. The van der Waals surface area contributed by atoms with Crippen LogP contribution in [0.5, 0.6) is 0 Å². The predicted octanol–water partition coefficient (Wildman–Crippen LogP) is 1.94. The third kappa shape index (κ3) is 5.02. The quantitative estimate of drug-likeness (QED) is 0.796. The van der Waals surface area contributed by atoms with Gasteiger partial charge in [0.05, 0.1) is 6.26 Å². The van der Waals surface area contributed by atoms with E-state index in [0.717, 1.165) is 5.56 Å². The fourth-order valence-corrected chi connectivity index (χ4v) is 1.61. The van der Waals surface area contributed by atoms with Crippen LogP contribution in [-0.2, 0) is 11.3 Å². The fraction of sp³-hybridized carbons (Fsp3) is 0.200. The van der Waals surface area contributed by atoms with Crippen molar-refractivity contribution in [2.45, 2.75) is 6.61 Å². The van der Waals surface area contributed by atoms with Crippen molar-refractivity contribution in [1.82, 2.24) is 10.6 Å². The lowest BCUT2D eigenvalue weighted by Gasteiger charge is -2.07. The first-order valence-corrected chi connectivity index (χ1v) is 6.52. The second-order valence-corrected chi connectivity index (χ2v) is 4.22. The van der Waals surface area contributed by atoms with Gasteiger partial charge in [-0.3, -0.25) is 4.79 Å². The van der Waals surface area contributed by atoms with Crippen LogP contribution in [0.25, 0.3) is 0 Å². The highest BCUT2D eigenvalue weighted by atomic mass is 16.5. The Labute approximate surface area is 122 Å². The van der Waals surface area contributed by atoms with Crippen LogP contribution in [0.15, 0.2) is 53.1 Å². The van der Waals surface area contributed by atoms with Crippen molar-refractivity contribution in [1.29, 1.82) is 0 Å². The van der Waals surface area contributed by atoms with Crippen molar-refractivity contribution in [3.05, 3.63) is 60.1 Å². The first-order valence-electron chi connectivity index (χ1n) is 6.52. The Bertz CT molecular complexity index is 567. The molecule has 6 nitrogen and oxygen atoms in total. The Kier molecular flexibility index (Phi) is 5.40. The second kappa shape index (κ2) is 7.74. The van der Waals surface area contributed by atoms with Crippen LogP contribution < -0.4 is 10.6 Å². The molecule has 1 heterocycles. The smallest absolute Gasteiger partial charge is 0.407 e. The van der Waals surface area contributed by atoms with Crippen LogP contribution in [0.2, 0.25) is 0 Å². The van der Waals surface area contributed by atoms with Crippen LogP contribution in [0.3, 0.4) is 0 Å². The van der Waals surface area contributed by atoms with Crippen LogP contribution in [0.4, 0.5) is 4.79 Å². The summed E-state index contributed by atoms with van der Waals surface area (Å²) in [6.07, 6.45) is 0.903. The third-order valence-corrected chi connectivity index (χ3v) is 2.64. The molecule has 2 rings (SSSR count). The molecule has 0 aliphatic rings. The minimum absolute atomic E-state index is 0.214. The highest BCUT2D eigenvalue weighted by Crippen LogP contribution is 2.00. The molecule has 0 atom stereocenters. The van der Waals surface area contributed by atoms with E-state index in [1.807, 2.05) is 30.3 Å². The molecule has 0 aliphatic carbocycles. The normalized spacial score (nSPS) is 9.90. The summed E-state index contributed by atoms with van der Waals surface area (Å²) in [4.78, 5) is 22.9. The summed E-state index contributed by atoms with van der Waals surface area (Å²) >= 11 is 0. The van der Waals surface area contributed by atoms with Gasteiger partial charge in [0.25, 0.3) is 5.91 Å². The van der Waals surface area contributed by atoms with Gasteiger partial charge >= 0.3 is 6.09 Å². The molecule has 0 spiro atoms. The molecular weight excluding hydrogens is 272 g/mol. The maximum absolute atomic E-state index is 11.5. The Hall–Kier alpha value is -2.76. The number of alkyl carbamates (subject to hydrolysis) is 1. The number of hydrogen-bond donors (Lipinski definition) is 2. The van der Waals surface area contributed by atoms with E-state index in [4.69, 9.17) is 9.15 Å². The molecule has 2 aromatic rings. The van der Waals surface area contributed by atoms with Crippen molar-refractivity contribution < 1.29 is 18.7 Å². The monoisotopic (exact) mass is 288 g/mol. The third-order valence-electron chi connectivity index (χ3n) is 2.64. The molecule has 0 saturated heterocycles. The van der Waals surface area contributed by atoms with Gasteiger partial charge in [0.15, 0.2) is 5.76 Å². The van der Waals surface area contributed by atoms with Gasteiger partial charge in [0, 0.05) is 13.1 Å². The average Bonchev–Trinajstić information content (AvgIpc) is 3.05. The predicted molar refractivity (Wildman–Crippen MR) is 75.7 cm³/mol. The number of nitrogens with one attached hydrogen (secondary N) is 2. The largest absolute Gasteiger partial charge is 0.459 e. The van der Waals surface area contributed by atoms with E-state index in [0.29, 0.717) is 6.54 Å². The first-order chi connectivity index (χ1) is 10.3. The molecule has 21 heavy (non-hydrogen) atoms. The summed E-state index contributed by atoms with van der Waals surface area (Å²) in [7, 11) is 0. The Balaban J connectivity index is 1.58. The van der Waals surface area contributed by atoms with Crippen molar-refractivity contribution in [3.8, 4) is 0 Å². The van der Waals surface area contributed by atoms with E-state index >= 15 is 0 Å². The van der Waals surface area contributed by atoms with Crippen LogP contribution in [0, 0.1) is 0 Å². The van der Waals surface area contributed by atoms with E-state index in [-0.39, 0.29) is 24.8 Å². The maximum Gasteiger partial charge on any atom is 0.407 e. The fourth-order valence-electron chi connectivity index (χ4n) is 1.61. The summed E-state index contributed by atoms with van der Waals surface area (Å²) in [6.45, 7) is 0.783. The Morgan fingerprint density at radius 2 is 1.76 bits per heavy atom. The molecule has 6 heteroatoms. The molecule has 2 amide bonds. The number of amides is 2. The topological polar surface area (TPSA) is 80.6 Å². The van der Waals surface area contributed by atoms with E-state index < -0.39 is 6.09 Å². The first kappa shape index (κ1) is 14.6. The minimum Gasteiger partial charge on any atom is -0.459 e. The van der Waals surface area contributed by atoms with Crippen molar-refractivity contribution in [2.24, 2.45) is 0 Å². The molecule has 2 N–H and O–H groups in total. The van der Waals surface area contributed by atoms with E-state index in [9.17, 15) is 9.59 Å². The van der Waals surface area contributed by atoms with Gasteiger partial charge < -0.3 is 19.8 Å². The standard InChI is InChI=1S/C15H16N2O4/c18-14(13-7-4-10-20-13)16-8-9-17-15(19)21-11-12-5-2-1-3-6-12/h1-7,10H,8-9,11H2,(H,16,18)(H,17,19). The van der Waals surface area contributed by atoms with Crippen LogP contribution >= 0.6 is 0 Å². The molecule has 0 fully saturated rings. The zero-order valence-electron chi connectivity index (χ0n) is 11.4. The highest BCUT2D eigenvalue weighted by Gasteiger charge is 2.07. The Morgan fingerprint density at radius 3 is 2.48 bits per heavy atom. The van der Waals surface area contributed by atoms with E-state index in [1.54, 1.807) is 12.1 Å². The summed E-state index contributed by atoms with van der Waals surface area (Å²) in [5.74, 6) is -0.0823. The second-order valence-electron chi connectivity index (χ2n) is 4.22. The SMILES string of the molecule is O=C(NCCNC(=O)c1ccco1)OCc1ccccc1. The lowest BCUT2D eigenvalue weighted by atomic mass is 10.2. The van der Waals surface area contributed by atoms with E-state index in [2.05, 4.69) is 10.6 Å². The Morgan fingerprint density at radius 1 is 1.00 bits per heavy atom.